The third-order valence-electron chi connectivity index (χ3n) is 9.60. The first-order valence-electron chi connectivity index (χ1n) is 12.0. The number of esters is 1. The first-order valence-corrected chi connectivity index (χ1v) is 13.1. The Balaban J connectivity index is 1.65. The van der Waals surface area contributed by atoms with Crippen molar-refractivity contribution in [3.8, 4) is 0 Å². The van der Waals surface area contributed by atoms with Gasteiger partial charge in [0.05, 0.1) is 13.0 Å². The predicted octanol–water partition coefficient (Wildman–Crippen LogP) is 5.46. The van der Waals surface area contributed by atoms with Crippen LogP contribution in [0.2, 0.25) is 0 Å². The molecule has 33 heavy (non-hydrogen) atoms. The molecule has 0 radical (unpaired) electrons. The van der Waals surface area contributed by atoms with Gasteiger partial charge in [-0.1, -0.05) is 48.7 Å². The monoisotopic (exact) mass is 521 g/mol. The Bertz CT molecular complexity index is 816. The van der Waals surface area contributed by atoms with Crippen LogP contribution in [0.15, 0.2) is 0 Å². The number of ketones is 1. The smallest absolute Gasteiger partial charge is 0.407 e. The number of hydrogen-bond donors (Lipinski definition) is 1. The van der Waals surface area contributed by atoms with Gasteiger partial charge in [0.1, 0.15) is 12.4 Å². The van der Waals surface area contributed by atoms with E-state index in [9.17, 15) is 14.4 Å². The van der Waals surface area contributed by atoms with Gasteiger partial charge in [-0.3, -0.25) is 9.59 Å². The molecule has 6 nitrogen and oxygen atoms in total. The summed E-state index contributed by atoms with van der Waals surface area (Å²) in [7, 11) is 1.44. The minimum absolute atomic E-state index is 0.0470. The summed E-state index contributed by atoms with van der Waals surface area (Å²) < 4.78 is 8.70. The van der Waals surface area contributed by atoms with Crippen LogP contribution in [-0.4, -0.2) is 41.4 Å². The number of ether oxygens (including phenoxy) is 2. The van der Waals surface area contributed by atoms with Gasteiger partial charge in [-0.05, 0) is 73.0 Å². The Morgan fingerprint density at radius 3 is 2.52 bits per heavy atom. The summed E-state index contributed by atoms with van der Waals surface area (Å²) in [6.07, 6.45) is 5.92. The van der Waals surface area contributed by atoms with Crippen molar-refractivity contribution in [2.24, 2.45) is 40.4 Å². The number of carbonyl (C=O) groups excluding carboxylic acids is 3. The van der Waals surface area contributed by atoms with Crippen LogP contribution in [0, 0.1) is 40.4 Å². The summed E-state index contributed by atoms with van der Waals surface area (Å²) in [5.74, 6) is 1.27. The molecule has 0 aromatic rings. The lowest BCUT2D eigenvalue weighted by Gasteiger charge is -2.62. The maximum atomic E-state index is 12.8. The standard InChI is InChI=1S/C24H34Cl3NO5/c1-22-9-8-14(29)10-13(22)4-5-15-16-6-7-17(20(30)32-3)23(16,2)11-18(19(15)22)28-21(31)33-12-24(25,26)27/h13,15-19H,4-12H2,1-3H3,(H,28,31)/t13-,15-,16-,17+,18+,19+,22-,23-/m0/s1. The van der Waals surface area contributed by atoms with Gasteiger partial charge in [-0.15, -0.1) is 0 Å². The maximum Gasteiger partial charge on any atom is 0.407 e. The molecule has 4 aliphatic carbocycles. The zero-order valence-electron chi connectivity index (χ0n) is 19.5. The van der Waals surface area contributed by atoms with Crippen molar-refractivity contribution in [3.05, 3.63) is 0 Å². The first kappa shape index (κ1) is 25.4. The topological polar surface area (TPSA) is 81.7 Å². The fourth-order valence-electron chi connectivity index (χ4n) is 8.24. The number of rotatable bonds is 3. The first-order chi connectivity index (χ1) is 15.4. The zero-order chi connectivity index (χ0) is 24.2. The molecule has 0 aromatic heterocycles. The highest BCUT2D eigenvalue weighted by molar-refractivity contribution is 6.67. The molecule has 0 saturated heterocycles. The normalized spacial score (nSPS) is 42.5. The van der Waals surface area contributed by atoms with E-state index in [-0.39, 0.29) is 41.3 Å². The van der Waals surface area contributed by atoms with Crippen LogP contribution in [0.3, 0.4) is 0 Å². The minimum Gasteiger partial charge on any atom is -0.469 e. The van der Waals surface area contributed by atoms with Gasteiger partial charge in [-0.2, -0.15) is 0 Å². The fourth-order valence-corrected chi connectivity index (χ4v) is 8.40. The molecule has 0 unspecified atom stereocenters. The predicted molar refractivity (Wildman–Crippen MR) is 126 cm³/mol. The molecule has 0 aromatic carbocycles. The van der Waals surface area contributed by atoms with E-state index < -0.39 is 9.89 Å². The van der Waals surface area contributed by atoms with Gasteiger partial charge in [0.15, 0.2) is 0 Å². The lowest BCUT2D eigenvalue weighted by Crippen LogP contribution is -2.63. The van der Waals surface area contributed by atoms with E-state index in [4.69, 9.17) is 44.3 Å². The van der Waals surface area contributed by atoms with E-state index in [1.54, 1.807) is 0 Å². The van der Waals surface area contributed by atoms with Crippen LogP contribution in [-0.2, 0) is 19.1 Å². The highest BCUT2D eigenvalue weighted by Gasteiger charge is 2.64. The second-order valence-corrected chi connectivity index (χ2v) is 13.6. The maximum absolute atomic E-state index is 12.8. The molecular weight excluding hydrogens is 489 g/mol. The second-order valence-electron chi connectivity index (χ2n) is 11.1. The fraction of sp³-hybridized carbons (Fsp3) is 0.875. The van der Waals surface area contributed by atoms with Crippen LogP contribution in [0.25, 0.3) is 0 Å². The molecule has 0 aliphatic heterocycles. The van der Waals surface area contributed by atoms with E-state index in [2.05, 4.69) is 19.2 Å². The number of fused-ring (bicyclic) bond motifs is 5. The van der Waals surface area contributed by atoms with E-state index in [0.717, 1.165) is 32.1 Å². The molecule has 0 bridgehead atoms. The van der Waals surface area contributed by atoms with Crippen molar-refractivity contribution in [2.75, 3.05) is 13.7 Å². The molecule has 9 heteroatoms. The SMILES string of the molecule is COC(=O)[C@H]1CC[C@H]2[C@@H]3CC[C@H]4CC(=O)CC[C@]4(C)[C@H]3[C@H](NC(=O)OCC(Cl)(Cl)Cl)C[C@]12C. The summed E-state index contributed by atoms with van der Waals surface area (Å²) in [5.41, 5.74) is -0.316. The number of nitrogens with one attached hydrogen (secondary N) is 1. The van der Waals surface area contributed by atoms with E-state index in [1.165, 1.54) is 7.11 Å². The second kappa shape index (κ2) is 9.05. The Hall–Kier alpha value is -0.720. The number of halogens is 3. The minimum atomic E-state index is -1.68. The third kappa shape index (κ3) is 4.61. The lowest BCUT2D eigenvalue weighted by molar-refractivity contribution is -0.160. The number of alkyl carbamates (subject to hydrolysis) is 1. The molecule has 4 fully saturated rings. The largest absolute Gasteiger partial charge is 0.469 e. The summed E-state index contributed by atoms with van der Waals surface area (Å²) in [5, 5.41) is 3.10. The summed E-state index contributed by atoms with van der Waals surface area (Å²) in [6.45, 7) is 4.14. The van der Waals surface area contributed by atoms with Gasteiger partial charge in [-0.25, -0.2) is 4.79 Å². The van der Waals surface area contributed by atoms with Gasteiger partial charge >= 0.3 is 12.1 Å². The van der Waals surface area contributed by atoms with Gasteiger partial charge in [0.25, 0.3) is 0 Å². The number of alkyl halides is 3. The Morgan fingerprint density at radius 2 is 1.85 bits per heavy atom. The van der Waals surface area contributed by atoms with Crippen molar-refractivity contribution < 1.29 is 23.9 Å². The number of Topliss-reactive ketones (excluding diaryl/α,β-unsaturated/α-hetero) is 1. The Labute approximate surface area is 210 Å². The summed E-state index contributed by atoms with van der Waals surface area (Å²) >= 11 is 17.3. The molecule has 8 atom stereocenters. The van der Waals surface area contributed by atoms with Crippen molar-refractivity contribution >= 4 is 52.6 Å². The molecular formula is C24H34Cl3NO5. The van der Waals surface area contributed by atoms with Crippen molar-refractivity contribution in [2.45, 2.75) is 75.0 Å². The molecule has 4 rings (SSSR count). The lowest BCUT2D eigenvalue weighted by atomic mass is 9.43. The zero-order valence-corrected chi connectivity index (χ0v) is 21.8. The van der Waals surface area contributed by atoms with Crippen LogP contribution < -0.4 is 5.32 Å². The van der Waals surface area contributed by atoms with Gasteiger partial charge in [0.2, 0.25) is 3.79 Å². The number of methoxy groups -OCH3 is 1. The van der Waals surface area contributed by atoms with Gasteiger partial charge < -0.3 is 14.8 Å². The molecule has 1 N–H and O–H groups in total. The molecule has 4 saturated carbocycles. The molecule has 186 valence electrons. The van der Waals surface area contributed by atoms with E-state index >= 15 is 0 Å². The van der Waals surface area contributed by atoms with Crippen molar-refractivity contribution in [1.82, 2.24) is 5.32 Å². The molecule has 0 spiro atoms. The summed E-state index contributed by atoms with van der Waals surface area (Å²) in [4.78, 5) is 37.7. The number of carbonyl (C=O) groups is 3. The quantitative estimate of drug-likeness (QED) is 0.393. The van der Waals surface area contributed by atoms with Crippen molar-refractivity contribution in [3.63, 3.8) is 0 Å². The molecule has 0 heterocycles. The van der Waals surface area contributed by atoms with Crippen molar-refractivity contribution in [1.29, 1.82) is 0 Å². The average Bonchev–Trinajstić information content (AvgIpc) is 3.08. The number of hydrogen-bond acceptors (Lipinski definition) is 5. The molecule has 1 amide bonds. The third-order valence-corrected chi connectivity index (χ3v) is 9.92. The van der Waals surface area contributed by atoms with Crippen LogP contribution in [0.1, 0.15) is 65.2 Å². The van der Waals surface area contributed by atoms with E-state index in [0.29, 0.717) is 42.8 Å². The summed E-state index contributed by atoms with van der Waals surface area (Å²) in [6, 6.07) is -0.189. The van der Waals surface area contributed by atoms with Gasteiger partial charge in [0, 0.05) is 18.9 Å². The van der Waals surface area contributed by atoms with Crippen LogP contribution in [0.4, 0.5) is 4.79 Å². The van der Waals surface area contributed by atoms with Crippen LogP contribution in [0.5, 0.6) is 0 Å². The van der Waals surface area contributed by atoms with Crippen LogP contribution >= 0.6 is 34.8 Å². The Morgan fingerprint density at radius 1 is 1.12 bits per heavy atom. The molecule has 4 aliphatic rings. The Kier molecular flexibility index (Phi) is 6.96. The number of amides is 1. The average molecular weight is 523 g/mol. The highest BCUT2D eigenvalue weighted by atomic mass is 35.6. The van der Waals surface area contributed by atoms with E-state index in [1.807, 2.05) is 0 Å². The highest BCUT2D eigenvalue weighted by Crippen LogP contribution is 2.67.